The third kappa shape index (κ3) is 3.44. The van der Waals surface area contributed by atoms with E-state index in [2.05, 4.69) is 22.1 Å². The third-order valence-corrected chi connectivity index (χ3v) is 3.46. The van der Waals surface area contributed by atoms with Crippen molar-refractivity contribution in [3.05, 3.63) is 46.0 Å². The molecule has 102 valence electrons. The molecular weight excluding hydrogens is 270 g/mol. The SMILES string of the molecule is Cc1ccc(C(=O)Nc2nc(C)cs2)c(C#CCN)c1. The molecule has 0 unspecified atom stereocenters. The molecule has 2 rings (SSSR count). The summed E-state index contributed by atoms with van der Waals surface area (Å²) >= 11 is 1.40. The highest BCUT2D eigenvalue weighted by Crippen LogP contribution is 2.17. The van der Waals surface area contributed by atoms with Crippen molar-refractivity contribution >= 4 is 22.4 Å². The zero-order valence-corrected chi connectivity index (χ0v) is 12.2. The van der Waals surface area contributed by atoms with Gasteiger partial charge in [-0.15, -0.1) is 11.3 Å². The third-order valence-electron chi connectivity index (χ3n) is 2.58. The van der Waals surface area contributed by atoms with Gasteiger partial charge in [-0.1, -0.05) is 17.9 Å². The van der Waals surface area contributed by atoms with Crippen molar-refractivity contribution in [3.63, 3.8) is 0 Å². The number of nitrogens with two attached hydrogens (primary N) is 1. The van der Waals surface area contributed by atoms with E-state index in [0.29, 0.717) is 16.3 Å². The minimum atomic E-state index is -0.208. The summed E-state index contributed by atoms with van der Waals surface area (Å²) < 4.78 is 0. The molecule has 0 aliphatic rings. The van der Waals surface area contributed by atoms with Crippen LogP contribution < -0.4 is 11.1 Å². The molecule has 5 heteroatoms. The average Bonchev–Trinajstić information content (AvgIpc) is 2.81. The maximum Gasteiger partial charge on any atom is 0.258 e. The van der Waals surface area contributed by atoms with Gasteiger partial charge in [0.05, 0.1) is 17.8 Å². The Labute approximate surface area is 122 Å². The zero-order chi connectivity index (χ0) is 14.5. The molecule has 0 bridgehead atoms. The van der Waals surface area contributed by atoms with Crippen LogP contribution in [-0.4, -0.2) is 17.4 Å². The van der Waals surface area contributed by atoms with Crippen LogP contribution in [0.15, 0.2) is 23.6 Å². The number of nitrogens with one attached hydrogen (secondary N) is 1. The molecule has 0 fully saturated rings. The van der Waals surface area contributed by atoms with Crippen LogP contribution >= 0.6 is 11.3 Å². The first-order valence-electron chi connectivity index (χ1n) is 6.13. The summed E-state index contributed by atoms with van der Waals surface area (Å²) in [7, 11) is 0. The number of benzene rings is 1. The summed E-state index contributed by atoms with van der Waals surface area (Å²) in [6.07, 6.45) is 0. The number of hydrogen-bond acceptors (Lipinski definition) is 4. The van der Waals surface area contributed by atoms with Crippen LogP contribution in [0, 0.1) is 25.7 Å². The fourth-order valence-electron chi connectivity index (χ4n) is 1.68. The molecule has 3 N–H and O–H groups in total. The predicted molar refractivity (Wildman–Crippen MR) is 81.9 cm³/mol. The summed E-state index contributed by atoms with van der Waals surface area (Å²) in [6.45, 7) is 4.11. The molecule has 4 nitrogen and oxygen atoms in total. The normalized spacial score (nSPS) is 9.75. The maximum atomic E-state index is 12.3. The van der Waals surface area contributed by atoms with Gasteiger partial charge in [-0.05, 0) is 31.5 Å². The van der Waals surface area contributed by atoms with Gasteiger partial charge in [0.2, 0.25) is 0 Å². The minimum absolute atomic E-state index is 0.208. The van der Waals surface area contributed by atoms with Crippen LogP contribution in [0.3, 0.4) is 0 Å². The van der Waals surface area contributed by atoms with Gasteiger partial charge in [-0.2, -0.15) is 0 Å². The molecular formula is C15H15N3OS. The number of carbonyl (C=O) groups is 1. The molecule has 0 aliphatic carbocycles. The number of anilines is 1. The van der Waals surface area contributed by atoms with Crippen molar-refractivity contribution in [2.45, 2.75) is 13.8 Å². The van der Waals surface area contributed by atoms with Crippen LogP contribution in [0.1, 0.15) is 27.2 Å². The standard InChI is InChI=1S/C15H15N3OS/c1-10-5-6-13(12(8-10)4-3-7-16)14(19)18-15-17-11(2)9-20-15/h5-6,8-9H,7,16H2,1-2H3,(H,17,18,19). The van der Waals surface area contributed by atoms with Gasteiger partial charge in [0, 0.05) is 10.9 Å². The van der Waals surface area contributed by atoms with E-state index in [0.717, 1.165) is 11.3 Å². The quantitative estimate of drug-likeness (QED) is 0.832. The van der Waals surface area contributed by atoms with Gasteiger partial charge in [-0.3, -0.25) is 10.1 Å². The van der Waals surface area contributed by atoms with Gasteiger partial charge < -0.3 is 5.73 Å². The second-order valence-corrected chi connectivity index (χ2v) is 5.16. The molecule has 0 saturated heterocycles. The Bertz CT molecular complexity index is 695. The van der Waals surface area contributed by atoms with Crippen molar-refractivity contribution in [2.24, 2.45) is 5.73 Å². The lowest BCUT2D eigenvalue weighted by molar-refractivity contribution is 0.102. The molecule has 0 aliphatic heterocycles. The number of rotatable bonds is 2. The zero-order valence-electron chi connectivity index (χ0n) is 11.4. The van der Waals surface area contributed by atoms with Crippen LogP contribution in [0.5, 0.6) is 0 Å². The van der Waals surface area contributed by atoms with Crippen LogP contribution in [-0.2, 0) is 0 Å². The highest BCUT2D eigenvalue weighted by atomic mass is 32.1. The second-order valence-electron chi connectivity index (χ2n) is 4.30. The molecule has 0 spiro atoms. The number of aromatic nitrogens is 1. The number of aryl methyl sites for hydroxylation is 2. The second kappa shape index (κ2) is 6.33. The summed E-state index contributed by atoms with van der Waals surface area (Å²) in [5.74, 6) is 5.50. The van der Waals surface area contributed by atoms with Crippen LogP contribution in [0.2, 0.25) is 0 Å². The summed E-state index contributed by atoms with van der Waals surface area (Å²) in [6, 6.07) is 5.53. The Balaban J connectivity index is 2.29. The van der Waals surface area contributed by atoms with Crippen LogP contribution in [0.4, 0.5) is 5.13 Å². The lowest BCUT2D eigenvalue weighted by atomic mass is 10.0. The topological polar surface area (TPSA) is 68.0 Å². The summed E-state index contributed by atoms with van der Waals surface area (Å²) in [5, 5.41) is 5.26. The molecule has 0 atom stereocenters. The first-order valence-corrected chi connectivity index (χ1v) is 7.01. The smallest absolute Gasteiger partial charge is 0.258 e. The number of carbonyl (C=O) groups excluding carboxylic acids is 1. The molecule has 1 aromatic carbocycles. The summed E-state index contributed by atoms with van der Waals surface area (Å²) in [5.41, 5.74) is 8.53. The molecule has 2 aromatic rings. The summed E-state index contributed by atoms with van der Waals surface area (Å²) in [4.78, 5) is 16.5. The molecule has 1 heterocycles. The Morgan fingerprint density at radius 2 is 2.25 bits per heavy atom. The fraction of sp³-hybridized carbons (Fsp3) is 0.200. The predicted octanol–water partition coefficient (Wildman–Crippen LogP) is 2.32. The Hall–Kier alpha value is -2.16. The molecule has 0 radical (unpaired) electrons. The first kappa shape index (κ1) is 14.3. The van der Waals surface area contributed by atoms with Crippen molar-refractivity contribution in [3.8, 4) is 11.8 Å². The number of hydrogen-bond donors (Lipinski definition) is 2. The van der Waals surface area contributed by atoms with Gasteiger partial charge in [0.1, 0.15) is 0 Å². The van der Waals surface area contributed by atoms with Crippen molar-refractivity contribution in [1.82, 2.24) is 4.98 Å². The van der Waals surface area contributed by atoms with E-state index in [4.69, 9.17) is 5.73 Å². The van der Waals surface area contributed by atoms with E-state index < -0.39 is 0 Å². The highest BCUT2D eigenvalue weighted by Gasteiger charge is 2.12. The minimum Gasteiger partial charge on any atom is -0.320 e. The lowest BCUT2D eigenvalue weighted by Gasteiger charge is -2.05. The van der Waals surface area contributed by atoms with Crippen molar-refractivity contribution < 1.29 is 4.79 Å². The Kier molecular flexibility index (Phi) is 4.51. The first-order chi connectivity index (χ1) is 9.60. The molecule has 0 saturated carbocycles. The van der Waals surface area contributed by atoms with E-state index in [1.807, 2.05) is 31.4 Å². The van der Waals surface area contributed by atoms with Gasteiger partial charge >= 0.3 is 0 Å². The van der Waals surface area contributed by atoms with Crippen molar-refractivity contribution in [2.75, 3.05) is 11.9 Å². The number of thiazole rings is 1. The Morgan fingerprint density at radius 1 is 1.45 bits per heavy atom. The van der Waals surface area contributed by atoms with Gasteiger partial charge in [0.15, 0.2) is 5.13 Å². The van der Waals surface area contributed by atoms with E-state index in [1.165, 1.54) is 11.3 Å². The molecule has 20 heavy (non-hydrogen) atoms. The van der Waals surface area contributed by atoms with E-state index in [-0.39, 0.29) is 12.5 Å². The molecule has 1 aromatic heterocycles. The number of nitrogens with zero attached hydrogens (tertiary/aromatic N) is 1. The largest absolute Gasteiger partial charge is 0.320 e. The lowest BCUT2D eigenvalue weighted by Crippen LogP contribution is -2.13. The average molecular weight is 285 g/mol. The van der Waals surface area contributed by atoms with E-state index in [9.17, 15) is 4.79 Å². The maximum absolute atomic E-state index is 12.3. The highest BCUT2D eigenvalue weighted by molar-refractivity contribution is 7.13. The monoisotopic (exact) mass is 285 g/mol. The van der Waals surface area contributed by atoms with Crippen LogP contribution in [0.25, 0.3) is 0 Å². The molecule has 1 amide bonds. The Morgan fingerprint density at radius 3 is 2.90 bits per heavy atom. The van der Waals surface area contributed by atoms with Crippen molar-refractivity contribution in [1.29, 1.82) is 0 Å². The van der Waals surface area contributed by atoms with Gasteiger partial charge in [-0.25, -0.2) is 4.98 Å². The van der Waals surface area contributed by atoms with E-state index >= 15 is 0 Å². The van der Waals surface area contributed by atoms with E-state index in [1.54, 1.807) is 6.07 Å². The van der Waals surface area contributed by atoms with Gasteiger partial charge in [0.25, 0.3) is 5.91 Å². The number of amides is 1. The fourth-order valence-corrected chi connectivity index (χ4v) is 2.36.